The van der Waals surface area contributed by atoms with E-state index in [2.05, 4.69) is 15.4 Å². The molecule has 1 amide bonds. The van der Waals surface area contributed by atoms with Crippen LogP contribution in [0.5, 0.6) is 0 Å². The van der Waals surface area contributed by atoms with E-state index in [1.807, 2.05) is 6.92 Å². The number of anilines is 1. The summed E-state index contributed by atoms with van der Waals surface area (Å²) in [5, 5.41) is 7.05. The van der Waals surface area contributed by atoms with Crippen LogP contribution < -0.4 is 5.32 Å². The molecule has 0 radical (unpaired) electrons. The van der Waals surface area contributed by atoms with Gasteiger partial charge in [0.15, 0.2) is 18.0 Å². The minimum atomic E-state index is -1.51. The minimum absolute atomic E-state index is 0.189. The van der Waals surface area contributed by atoms with Crippen molar-refractivity contribution in [2.75, 3.05) is 5.32 Å². The average molecular weight is 474 g/mol. The molecule has 0 bridgehead atoms. The second-order valence-corrected chi connectivity index (χ2v) is 8.53. The number of amides is 1. The molecular formula is C22H26N4O8. The first-order valence-electron chi connectivity index (χ1n) is 10.9. The van der Waals surface area contributed by atoms with Gasteiger partial charge in [0, 0.05) is 27.2 Å². The number of hydrogen-bond donors (Lipinski definition) is 1. The first kappa shape index (κ1) is 23.6. The molecule has 1 aliphatic heterocycles. The zero-order valence-corrected chi connectivity index (χ0v) is 19.5. The molecule has 12 nitrogen and oxygen atoms in total. The fourth-order valence-electron chi connectivity index (χ4n) is 4.67. The molecule has 3 heterocycles. The van der Waals surface area contributed by atoms with E-state index in [0.29, 0.717) is 29.9 Å². The maximum absolute atomic E-state index is 12.1. The molecule has 5 atom stereocenters. The van der Waals surface area contributed by atoms with Gasteiger partial charge in [-0.05, 0) is 25.5 Å². The third-order valence-corrected chi connectivity index (χ3v) is 5.93. The van der Waals surface area contributed by atoms with Crippen molar-refractivity contribution in [3.8, 4) is 0 Å². The van der Waals surface area contributed by atoms with E-state index in [0.717, 1.165) is 0 Å². The Morgan fingerprint density at radius 1 is 1.12 bits per heavy atom. The summed E-state index contributed by atoms with van der Waals surface area (Å²) in [4.78, 5) is 52.0. The van der Waals surface area contributed by atoms with Crippen molar-refractivity contribution in [1.29, 1.82) is 0 Å². The van der Waals surface area contributed by atoms with Gasteiger partial charge in [0.25, 0.3) is 0 Å². The number of nitrogens with zero attached hydrogens (tertiary/aromatic N) is 3. The van der Waals surface area contributed by atoms with Gasteiger partial charge in [-0.2, -0.15) is 5.10 Å². The summed E-state index contributed by atoms with van der Waals surface area (Å²) in [6.07, 6.45) is -0.646. The van der Waals surface area contributed by atoms with Crippen LogP contribution in [-0.4, -0.2) is 62.3 Å². The van der Waals surface area contributed by atoms with Crippen molar-refractivity contribution in [1.82, 2.24) is 14.6 Å². The molecule has 0 aromatic carbocycles. The number of hydrogen-bond acceptors (Lipinski definition) is 10. The number of esters is 3. The average Bonchev–Trinajstić information content (AvgIpc) is 3.03. The molecule has 2 aromatic heterocycles. The Hall–Kier alpha value is -3.54. The quantitative estimate of drug-likeness (QED) is 0.459. The molecule has 182 valence electrons. The van der Waals surface area contributed by atoms with E-state index >= 15 is 0 Å². The van der Waals surface area contributed by atoms with Crippen LogP contribution in [0.15, 0.2) is 18.5 Å². The Labute approximate surface area is 194 Å². The van der Waals surface area contributed by atoms with E-state index in [-0.39, 0.29) is 5.91 Å². The highest BCUT2D eigenvalue weighted by Gasteiger charge is 2.87. The van der Waals surface area contributed by atoms with Crippen molar-refractivity contribution in [3.05, 3.63) is 24.2 Å². The van der Waals surface area contributed by atoms with Gasteiger partial charge in [-0.3, -0.25) is 19.2 Å². The first-order valence-corrected chi connectivity index (χ1v) is 10.9. The molecule has 34 heavy (non-hydrogen) atoms. The summed E-state index contributed by atoms with van der Waals surface area (Å²) in [6, 6.07) is 3.39. The van der Waals surface area contributed by atoms with Crippen LogP contribution in [0.1, 0.15) is 53.2 Å². The Morgan fingerprint density at radius 3 is 2.44 bits per heavy atom. The Kier molecular flexibility index (Phi) is 5.80. The third-order valence-electron chi connectivity index (χ3n) is 5.93. The first-order chi connectivity index (χ1) is 16.0. The van der Waals surface area contributed by atoms with Crippen LogP contribution in [0.4, 0.5) is 5.82 Å². The molecule has 2 fully saturated rings. The van der Waals surface area contributed by atoms with Crippen molar-refractivity contribution in [3.63, 3.8) is 0 Å². The zero-order valence-electron chi connectivity index (χ0n) is 19.5. The largest absolute Gasteiger partial charge is 0.455 e. The maximum Gasteiger partial charge on any atom is 0.303 e. The van der Waals surface area contributed by atoms with Gasteiger partial charge in [-0.1, -0.05) is 6.92 Å². The van der Waals surface area contributed by atoms with Gasteiger partial charge in [-0.15, -0.1) is 0 Å². The summed E-state index contributed by atoms with van der Waals surface area (Å²) < 4.78 is 24.3. The zero-order chi connectivity index (χ0) is 24.8. The number of ether oxygens (including phenoxy) is 4. The van der Waals surface area contributed by atoms with Crippen LogP contribution in [0.3, 0.4) is 0 Å². The van der Waals surface area contributed by atoms with E-state index in [9.17, 15) is 19.2 Å². The second-order valence-electron chi connectivity index (χ2n) is 8.53. The molecule has 0 spiro atoms. The van der Waals surface area contributed by atoms with Gasteiger partial charge in [0.1, 0.15) is 23.5 Å². The van der Waals surface area contributed by atoms with E-state index < -0.39 is 47.4 Å². The maximum atomic E-state index is 12.1. The summed E-state index contributed by atoms with van der Waals surface area (Å²) >= 11 is 0. The molecule has 2 aromatic rings. The highest BCUT2D eigenvalue weighted by molar-refractivity contribution is 5.93. The summed E-state index contributed by atoms with van der Waals surface area (Å²) in [5.41, 5.74) is -1.89. The number of rotatable bonds is 7. The lowest BCUT2D eigenvalue weighted by molar-refractivity contribution is -0.192. The van der Waals surface area contributed by atoms with Crippen molar-refractivity contribution in [2.45, 2.75) is 77.0 Å². The fourth-order valence-corrected chi connectivity index (χ4v) is 4.67. The van der Waals surface area contributed by atoms with Gasteiger partial charge in [0.05, 0.1) is 5.69 Å². The Morgan fingerprint density at radius 2 is 1.82 bits per heavy atom. The summed E-state index contributed by atoms with van der Waals surface area (Å²) in [7, 11) is 0. The van der Waals surface area contributed by atoms with Crippen molar-refractivity contribution in [2.24, 2.45) is 0 Å². The predicted octanol–water partition coefficient (Wildman–Crippen LogP) is 1.26. The van der Waals surface area contributed by atoms with Crippen molar-refractivity contribution >= 4 is 35.1 Å². The topological polar surface area (TPSA) is 147 Å². The lowest BCUT2D eigenvalue weighted by atomic mass is 9.90. The van der Waals surface area contributed by atoms with Crippen molar-refractivity contribution < 1.29 is 38.1 Å². The highest BCUT2D eigenvalue weighted by Crippen LogP contribution is 2.62. The molecule has 4 rings (SSSR count). The normalized spacial score (nSPS) is 29.3. The fraction of sp³-hybridized carbons (Fsp3) is 0.545. The number of carbonyl (C=O) groups excluding carboxylic acids is 4. The Balaban J connectivity index is 1.78. The van der Waals surface area contributed by atoms with Gasteiger partial charge in [-0.25, -0.2) is 9.50 Å². The monoisotopic (exact) mass is 474 g/mol. The van der Waals surface area contributed by atoms with Crippen LogP contribution in [-0.2, 0) is 43.7 Å². The van der Waals surface area contributed by atoms with Gasteiger partial charge in [0.2, 0.25) is 11.5 Å². The van der Waals surface area contributed by atoms with Crippen LogP contribution in [0.25, 0.3) is 5.52 Å². The number of aromatic nitrogens is 3. The molecule has 2 aliphatic rings. The summed E-state index contributed by atoms with van der Waals surface area (Å²) in [6.45, 7) is 7.22. The molecule has 1 unspecified atom stereocenters. The molecule has 12 heteroatoms. The molecule has 1 saturated carbocycles. The smallest absolute Gasteiger partial charge is 0.303 e. The molecular weight excluding hydrogens is 448 g/mol. The second kappa shape index (κ2) is 8.35. The molecule has 1 aliphatic carbocycles. The number of fused-ring (bicyclic) bond motifs is 2. The van der Waals surface area contributed by atoms with E-state index in [1.165, 1.54) is 31.6 Å². The van der Waals surface area contributed by atoms with Gasteiger partial charge < -0.3 is 24.3 Å². The van der Waals surface area contributed by atoms with Crippen LogP contribution >= 0.6 is 0 Å². The van der Waals surface area contributed by atoms with Crippen LogP contribution in [0, 0.1) is 0 Å². The number of carbonyl (C=O) groups is 4. The van der Waals surface area contributed by atoms with Gasteiger partial charge >= 0.3 is 17.9 Å². The lowest BCUT2D eigenvalue weighted by Gasteiger charge is -2.35. The Bertz CT molecular complexity index is 1180. The van der Waals surface area contributed by atoms with E-state index in [4.69, 9.17) is 18.9 Å². The SMILES string of the molecule is CCCC(=O)Nc1ncnn2c([C@]3(C)O[C@@H]4C(OC(C)=O)[C@]4(OC(C)=O)[C@H]3OC(C)=O)ccc12. The van der Waals surface area contributed by atoms with Crippen LogP contribution in [0.2, 0.25) is 0 Å². The third kappa shape index (κ3) is 3.67. The summed E-state index contributed by atoms with van der Waals surface area (Å²) in [5.74, 6) is -1.75. The molecule has 1 N–H and O–H groups in total. The molecule has 1 saturated heterocycles. The minimum Gasteiger partial charge on any atom is -0.455 e. The highest BCUT2D eigenvalue weighted by atomic mass is 16.7. The predicted molar refractivity (Wildman–Crippen MR) is 114 cm³/mol. The van der Waals surface area contributed by atoms with E-state index in [1.54, 1.807) is 19.1 Å². The number of nitrogens with one attached hydrogen (secondary N) is 1. The lowest BCUT2D eigenvalue weighted by Crippen LogP contribution is -2.50. The standard InChI is InChI=1S/C22H26N4O8/c1-6-7-16(30)25-19-14-8-9-15(26(14)24-10-23-19)21(5)20(32-12(3)28)22(33-13(4)29)17(18(22)34-21)31-11(2)27/h8-10,17-18,20H,6-7H2,1-5H3,(H,23,24,25,30)/t17?,18-,20+,21+,22-/m1/s1.